The van der Waals surface area contributed by atoms with Gasteiger partial charge in [-0.25, -0.2) is 33.2 Å². The number of carbonyl (C=O) groups is 3. The molecule has 0 fully saturated rings. The zero-order valence-electron chi connectivity index (χ0n) is 30.1. The van der Waals surface area contributed by atoms with E-state index in [9.17, 15) is 14.4 Å². The Labute approximate surface area is 303 Å². The van der Waals surface area contributed by atoms with Crippen molar-refractivity contribution in [3.8, 4) is 0 Å². The number of esters is 1. The third-order valence-corrected chi connectivity index (χ3v) is 11.3. The number of nitrogens with one attached hydrogen (secondary N) is 1. The summed E-state index contributed by atoms with van der Waals surface area (Å²) in [4.78, 5) is 49.2. The molecule has 0 radical (unpaired) electrons. The monoisotopic (exact) mass is 752 g/mol. The second-order valence-corrected chi connectivity index (χ2v) is 21.8. The van der Waals surface area contributed by atoms with Gasteiger partial charge in [0.15, 0.2) is 5.17 Å². The zero-order valence-corrected chi connectivity index (χ0v) is 32.6. The second-order valence-electron chi connectivity index (χ2n) is 14.3. The van der Waals surface area contributed by atoms with Crippen molar-refractivity contribution in [3.63, 3.8) is 0 Å². The summed E-state index contributed by atoms with van der Waals surface area (Å²) in [5, 5.41) is 3.02. The van der Waals surface area contributed by atoms with Gasteiger partial charge in [0.2, 0.25) is 0 Å². The van der Waals surface area contributed by atoms with E-state index in [2.05, 4.69) is 29.9 Å². The fourth-order valence-electron chi connectivity index (χ4n) is 4.96. The van der Waals surface area contributed by atoms with E-state index in [-0.39, 0.29) is 35.5 Å². The van der Waals surface area contributed by atoms with E-state index in [0.29, 0.717) is 11.6 Å². The van der Waals surface area contributed by atoms with E-state index >= 15 is 8.78 Å². The van der Waals surface area contributed by atoms with Crippen LogP contribution in [0, 0.1) is 11.7 Å². The highest BCUT2D eigenvalue weighted by atomic mass is 35.5. The lowest BCUT2D eigenvalue weighted by Crippen LogP contribution is -2.53. The Bertz CT molecular complexity index is 1600. The van der Waals surface area contributed by atoms with E-state index in [1.807, 2.05) is 0 Å². The van der Waals surface area contributed by atoms with Gasteiger partial charge in [0.25, 0.3) is 5.91 Å². The van der Waals surface area contributed by atoms with Crippen molar-refractivity contribution in [2.24, 2.45) is 10.9 Å². The molecule has 0 saturated carbocycles. The molecular weight excluding hydrogens is 706 g/mol. The molecular formula is C35H47ClF2N4O6SSi. The first kappa shape index (κ1) is 41.1. The minimum atomic E-state index is -1.95. The number of amidine groups is 1. The number of rotatable bonds is 12. The number of hydrogen-bond acceptors (Lipinski definition) is 9. The molecule has 1 aromatic heterocycles. The number of ether oxygens (including phenoxy) is 3. The van der Waals surface area contributed by atoms with E-state index in [4.69, 9.17) is 30.8 Å². The highest BCUT2D eigenvalue weighted by Crippen LogP contribution is 2.53. The van der Waals surface area contributed by atoms with Gasteiger partial charge in [0, 0.05) is 48.9 Å². The minimum Gasteiger partial charge on any atom is -0.463 e. The van der Waals surface area contributed by atoms with Crippen LogP contribution < -0.4 is 5.32 Å². The Hall–Kier alpha value is -3.33. The van der Waals surface area contributed by atoms with Gasteiger partial charge in [-0.05, 0) is 71.0 Å². The summed E-state index contributed by atoms with van der Waals surface area (Å²) in [5.74, 6) is -2.84. The molecule has 1 aromatic carbocycles. The van der Waals surface area contributed by atoms with Crippen LogP contribution in [-0.2, 0) is 24.5 Å². The Morgan fingerprint density at radius 1 is 1.18 bits per heavy atom. The fourth-order valence-corrected chi connectivity index (χ4v) is 7.17. The molecule has 2 aromatic rings. The molecule has 10 nitrogen and oxygen atoms in total. The number of pyridine rings is 1. The van der Waals surface area contributed by atoms with Gasteiger partial charge in [0.05, 0.1) is 11.6 Å². The first-order valence-corrected chi connectivity index (χ1v) is 21.2. The van der Waals surface area contributed by atoms with Crippen LogP contribution in [-0.4, -0.2) is 78.1 Å². The maximum atomic E-state index is 16.0. The lowest BCUT2D eigenvalue weighted by molar-refractivity contribution is -0.137. The number of alkyl halides is 1. The highest BCUT2D eigenvalue weighted by Gasteiger charge is 2.54. The van der Waals surface area contributed by atoms with Gasteiger partial charge in [-0.3, -0.25) is 4.79 Å². The standard InChI is InChI=1S/C35H47ClF2N4O6SSi/c1-10-47-29(43)15-16-34(6)23(2)35(21-37,26-19-25(12-13-27(26)38)40-30(44)28-14-11-24(36)20-39-28)41-31(49-34)42(32(45)48-33(3,4)5)22-46-17-18-50(7,8)9/h11-16,19-20,23H,10,17-18,21-22H2,1-9H3,(H,40,44)/b16-15+/t23-,34-,35+/m1/s1. The van der Waals surface area contributed by atoms with Gasteiger partial charge < -0.3 is 19.5 Å². The molecule has 0 saturated heterocycles. The number of hydrogen-bond donors (Lipinski definition) is 1. The van der Waals surface area contributed by atoms with Gasteiger partial charge in [-0.15, -0.1) is 0 Å². The van der Waals surface area contributed by atoms with Crippen LogP contribution in [0.3, 0.4) is 0 Å². The first-order valence-electron chi connectivity index (χ1n) is 16.3. The molecule has 0 bridgehead atoms. The molecule has 2 amide bonds. The predicted octanol–water partition coefficient (Wildman–Crippen LogP) is 8.46. The zero-order chi connectivity index (χ0) is 37.5. The molecule has 3 rings (SSSR count). The summed E-state index contributed by atoms with van der Waals surface area (Å²) in [7, 11) is -1.49. The van der Waals surface area contributed by atoms with Crippen molar-refractivity contribution in [1.82, 2.24) is 9.88 Å². The number of aliphatic imine (C=N–C) groups is 1. The largest absolute Gasteiger partial charge is 0.463 e. The van der Waals surface area contributed by atoms with Crippen molar-refractivity contribution < 1.29 is 37.4 Å². The van der Waals surface area contributed by atoms with E-state index in [1.54, 1.807) is 47.6 Å². The maximum absolute atomic E-state index is 16.0. The average Bonchev–Trinajstić information content (AvgIpc) is 3.01. The third-order valence-electron chi connectivity index (χ3n) is 7.94. The Morgan fingerprint density at radius 3 is 2.46 bits per heavy atom. The number of halogens is 3. The minimum absolute atomic E-state index is 0.00165. The van der Waals surface area contributed by atoms with Crippen molar-refractivity contribution in [3.05, 3.63) is 70.8 Å². The first-order chi connectivity index (χ1) is 23.2. The van der Waals surface area contributed by atoms with E-state index in [1.165, 1.54) is 41.4 Å². The Kier molecular flexibility index (Phi) is 13.8. The second kappa shape index (κ2) is 16.8. The molecule has 0 unspecified atom stereocenters. The summed E-state index contributed by atoms with van der Waals surface area (Å²) in [6, 6.07) is 7.51. The van der Waals surface area contributed by atoms with Gasteiger partial charge in [-0.1, -0.05) is 56.0 Å². The number of carbonyl (C=O) groups excluding carboxylic acids is 3. The summed E-state index contributed by atoms with van der Waals surface area (Å²) in [6.45, 7) is 15.8. The predicted molar refractivity (Wildman–Crippen MR) is 197 cm³/mol. The van der Waals surface area contributed by atoms with Crippen LogP contribution in [0.1, 0.15) is 57.6 Å². The van der Waals surface area contributed by atoms with Crippen LogP contribution in [0.2, 0.25) is 30.7 Å². The van der Waals surface area contributed by atoms with E-state index in [0.717, 1.165) is 23.9 Å². The summed E-state index contributed by atoms with van der Waals surface area (Å²) < 4.78 is 47.5. The molecule has 1 aliphatic rings. The lowest BCUT2D eigenvalue weighted by atomic mass is 9.73. The summed E-state index contributed by atoms with van der Waals surface area (Å²) >= 11 is 7.00. The van der Waals surface area contributed by atoms with Crippen LogP contribution in [0.4, 0.5) is 19.3 Å². The Morgan fingerprint density at radius 2 is 1.88 bits per heavy atom. The number of aromatic nitrogens is 1. The van der Waals surface area contributed by atoms with Crippen LogP contribution in [0.25, 0.3) is 0 Å². The molecule has 50 heavy (non-hydrogen) atoms. The molecule has 0 spiro atoms. The summed E-state index contributed by atoms with van der Waals surface area (Å²) in [6.07, 6.45) is 3.30. The van der Waals surface area contributed by atoms with Gasteiger partial charge >= 0.3 is 12.1 Å². The number of nitrogens with zero attached hydrogens (tertiary/aromatic N) is 3. The Balaban J connectivity index is 2.20. The van der Waals surface area contributed by atoms with E-state index < -0.39 is 60.3 Å². The normalized spacial score (nSPS) is 21.0. The molecule has 0 aliphatic carbocycles. The molecule has 15 heteroatoms. The smallest absolute Gasteiger partial charge is 0.418 e. The molecule has 1 aliphatic heterocycles. The number of benzene rings is 1. The van der Waals surface area contributed by atoms with Crippen molar-refractivity contribution in [2.45, 2.75) is 83.1 Å². The average molecular weight is 753 g/mol. The quantitative estimate of drug-likeness (QED) is 0.0755. The number of amides is 2. The van der Waals surface area contributed by atoms with Crippen LogP contribution in [0.5, 0.6) is 0 Å². The SMILES string of the molecule is CCOC(=O)/C=C/[C@@]1(C)SC(N(COCC[Si](C)(C)C)C(=O)OC(C)(C)C)=N[C@](CF)(c2cc(NC(=O)c3ccc(Cl)cn3)ccc2F)[C@@H]1C. The molecule has 3 atom stereocenters. The van der Waals surface area contributed by atoms with Crippen LogP contribution >= 0.6 is 23.4 Å². The third kappa shape index (κ3) is 10.8. The molecule has 2 heterocycles. The molecule has 1 N–H and O–H groups in total. The van der Waals surface area contributed by atoms with Gasteiger partial charge in [-0.2, -0.15) is 0 Å². The lowest BCUT2D eigenvalue weighted by Gasteiger charge is -2.48. The van der Waals surface area contributed by atoms with Crippen molar-refractivity contribution >= 4 is 60.3 Å². The topological polar surface area (TPSA) is 119 Å². The molecule has 274 valence electrons. The van der Waals surface area contributed by atoms with Gasteiger partial charge in [0.1, 0.15) is 36.1 Å². The van der Waals surface area contributed by atoms with Crippen molar-refractivity contribution in [1.29, 1.82) is 0 Å². The maximum Gasteiger partial charge on any atom is 0.418 e. The number of anilines is 1. The van der Waals surface area contributed by atoms with Crippen LogP contribution in [0.15, 0.2) is 53.7 Å². The van der Waals surface area contributed by atoms with Crippen molar-refractivity contribution in [2.75, 3.05) is 31.9 Å². The fraction of sp³-hybridized carbons (Fsp3) is 0.514. The number of thioether (sulfide) groups is 1. The summed E-state index contributed by atoms with van der Waals surface area (Å²) in [5.41, 5.74) is -2.81. The highest BCUT2D eigenvalue weighted by molar-refractivity contribution is 8.15.